The summed E-state index contributed by atoms with van der Waals surface area (Å²) in [4.78, 5) is 12.0. The SMILES string of the molecule is CC[C@@H](F)c1ccc(F)cc1C(=O)NC(C)(C)C. The minimum absolute atomic E-state index is 0.0688. The second-order valence-corrected chi connectivity index (χ2v) is 5.31. The van der Waals surface area contributed by atoms with Crippen LogP contribution in [-0.4, -0.2) is 11.4 Å². The van der Waals surface area contributed by atoms with Crippen LogP contribution in [0.25, 0.3) is 0 Å². The fraction of sp³-hybridized carbons (Fsp3) is 0.500. The number of amides is 1. The molecule has 0 heterocycles. The lowest BCUT2D eigenvalue weighted by molar-refractivity contribution is 0.0916. The smallest absolute Gasteiger partial charge is 0.252 e. The number of halogens is 2. The molecule has 0 unspecified atom stereocenters. The third kappa shape index (κ3) is 3.79. The van der Waals surface area contributed by atoms with Gasteiger partial charge in [-0.15, -0.1) is 0 Å². The van der Waals surface area contributed by atoms with E-state index in [1.165, 1.54) is 12.1 Å². The zero-order chi connectivity index (χ0) is 13.9. The monoisotopic (exact) mass is 255 g/mol. The maximum Gasteiger partial charge on any atom is 0.252 e. The van der Waals surface area contributed by atoms with Crippen molar-refractivity contribution in [2.24, 2.45) is 0 Å². The van der Waals surface area contributed by atoms with Gasteiger partial charge in [-0.25, -0.2) is 8.78 Å². The van der Waals surface area contributed by atoms with E-state index in [4.69, 9.17) is 0 Å². The molecule has 0 radical (unpaired) electrons. The van der Waals surface area contributed by atoms with Crippen molar-refractivity contribution >= 4 is 5.91 Å². The Morgan fingerprint density at radius 3 is 2.50 bits per heavy atom. The molecule has 4 heteroatoms. The molecule has 2 nitrogen and oxygen atoms in total. The number of carbonyl (C=O) groups is 1. The third-order valence-electron chi connectivity index (χ3n) is 2.44. The Labute approximate surface area is 106 Å². The summed E-state index contributed by atoms with van der Waals surface area (Å²) in [5.41, 5.74) is -0.140. The lowest BCUT2D eigenvalue weighted by Crippen LogP contribution is -2.41. The van der Waals surface area contributed by atoms with Crippen molar-refractivity contribution in [3.63, 3.8) is 0 Å². The van der Waals surface area contributed by atoms with E-state index in [1.807, 2.05) is 20.8 Å². The van der Waals surface area contributed by atoms with E-state index < -0.39 is 23.4 Å². The highest BCUT2D eigenvalue weighted by atomic mass is 19.1. The zero-order valence-corrected chi connectivity index (χ0v) is 11.2. The predicted molar refractivity (Wildman–Crippen MR) is 67.8 cm³/mol. The van der Waals surface area contributed by atoms with E-state index in [0.717, 1.165) is 6.07 Å². The van der Waals surface area contributed by atoms with Gasteiger partial charge < -0.3 is 5.32 Å². The predicted octanol–water partition coefficient (Wildman–Crippen LogP) is 3.77. The lowest BCUT2D eigenvalue weighted by atomic mass is 9.99. The molecule has 0 fully saturated rings. The minimum Gasteiger partial charge on any atom is -0.347 e. The number of rotatable bonds is 3. The Balaban J connectivity index is 3.13. The van der Waals surface area contributed by atoms with Crippen molar-refractivity contribution in [3.8, 4) is 0 Å². The Kier molecular flexibility index (Phi) is 4.43. The average molecular weight is 255 g/mol. The molecular weight excluding hydrogens is 236 g/mol. The molecule has 0 saturated carbocycles. The Bertz CT molecular complexity index is 438. The summed E-state index contributed by atoms with van der Waals surface area (Å²) >= 11 is 0. The van der Waals surface area contributed by atoms with Crippen molar-refractivity contribution in [1.29, 1.82) is 0 Å². The highest BCUT2D eigenvalue weighted by Gasteiger charge is 2.21. The maximum atomic E-state index is 13.7. The van der Waals surface area contributed by atoms with Crippen molar-refractivity contribution < 1.29 is 13.6 Å². The van der Waals surface area contributed by atoms with Gasteiger partial charge in [0.15, 0.2) is 0 Å². The Morgan fingerprint density at radius 2 is 2.00 bits per heavy atom. The van der Waals surface area contributed by atoms with Crippen molar-refractivity contribution in [3.05, 3.63) is 35.1 Å². The number of nitrogens with one attached hydrogen (secondary N) is 1. The summed E-state index contributed by atoms with van der Waals surface area (Å²) in [5.74, 6) is -0.991. The molecule has 0 spiro atoms. The molecule has 1 atom stereocenters. The molecule has 1 rings (SSSR count). The number of hydrogen-bond donors (Lipinski definition) is 1. The van der Waals surface area contributed by atoms with Gasteiger partial charge in [-0.2, -0.15) is 0 Å². The first-order valence-corrected chi connectivity index (χ1v) is 6.00. The van der Waals surface area contributed by atoms with Gasteiger partial charge in [-0.1, -0.05) is 13.0 Å². The third-order valence-corrected chi connectivity index (χ3v) is 2.44. The highest BCUT2D eigenvalue weighted by Crippen LogP contribution is 2.25. The summed E-state index contributed by atoms with van der Waals surface area (Å²) in [7, 11) is 0. The normalized spacial score (nSPS) is 13.2. The molecule has 0 aromatic heterocycles. The molecule has 0 aliphatic heterocycles. The molecule has 1 aromatic rings. The van der Waals surface area contributed by atoms with Gasteiger partial charge in [0.2, 0.25) is 0 Å². The molecule has 1 amide bonds. The van der Waals surface area contributed by atoms with Gasteiger partial charge in [0.25, 0.3) is 5.91 Å². The van der Waals surface area contributed by atoms with Gasteiger partial charge in [0.05, 0.1) is 0 Å². The van der Waals surface area contributed by atoms with Gasteiger partial charge in [0, 0.05) is 11.1 Å². The van der Waals surface area contributed by atoms with Crippen LogP contribution < -0.4 is 5.32 Å². The number of alkyl halides is 1. The van der Waals surface area contributed by atoms with Crippen LogP contribution in [0.3, 0.4) is 0 Å². The average Bonchev–Trinajstić information content (AvgIpc) is 2.25. The summed E-state index contributed by atoms with van der Waals surface area (Å²) in [5, 5.41) is 2.71. The molecule has 0 aliphatic carbocycles. The van der Waals surface area contributed by atoms with Crippen molar-refractivity contribution in [2.45, 2.75) is 45.8 Å². The second-order valence-electron chi connectivity index (χ2n) is 5.31. The van der Waals surface area contributed by atoms with E-state index in [0.29, 0.717) is 0 Å². The molecule has 0 saturated heterocycles. The number of hydrogen-bond acceptors (Lipinski definition) is 1. The first kappa shape index (κ1) is 14.6. The van der Waals surface area contributed by atoms with Crippen molar-refractivity contribution in [2.75, 3.05) is 0 Å². The van der Waals surface area contributed by atoms with Crippen LogP contribution in [0.4, 0.5) is 8.78 Å². The summed E-state index contributed by atoms with van der Waals surface area (Å²) in [6, 6.07) is 3.59. The summed E-state index contributed by atoms with van der Waals surface area (Å²) < 4.78 is 27.0. The number of carbonyl (C=O) groups excluding carboxylic acids is 1. The maximum absolute atomic E-state index is 13.7. The molecule has 0 bridgehead atoms. The first-order valence-electron chi connectivity index (χ1n) is 6.00. The van der Waals surface area contributed by atoms with Crippen LogP contribution in [0.2, 0.25) is 0 Å². The van der Waals surface area contributed by atoms with Crippen LogP contribution >= 0.6 is 0 Å². The molecule has 1 aromatic carbocycles. The Hall–Kier alpha value is -1.45. The van der Waals surface area contributed by atoms with E-state index in [2.05, 4.69) is 5.32 Å². The standard InChI is InChI=1S/C14H19F2NO/c1-5-12(16)10-7-6-9(15)8-11(10)13(18)17-14(2,3)4/h6-8,12H,5H2,1-4H3,(H,17,18)/t12-/m1/s1. The van der Waals surface area contributed by atoms with E-state index in [1.54, 1.807) is 6.92 Å². The van der Waals surface area contributed by atoms with Gasteiger partial charge >= 0.3 is 0 Å². The number of benzene rings is 1. The zero-order valence-electron chi connectivity index (χ0n) is 11.2. The van der Waals surface area contributed by atoms with Crippen LogP contribution in [0.5, 0.6) is 0 Å². The van der Waals surface area contributed by atoms with Gasteiger partial charge in [0.1, 0.15) is 12.0 Å². The highest BCUT2D eigenvalue weighted by molar-refractivity contribution is 5.96. The van der Waals surface area contributed by atoms with E-state index in [9.17, 15) is 13.6 Å². The van der Waals surface area contributed by atoms with Crippen LogP contribution in [0.1, 0.15) is 56.2 Å². The lowest BCUT2D eigenvalue weighted by Gasteiger charge is -2.22. The molecule has 100 valence electrons. The Morgan fingerprint density at radius 1 is 1.39 bits per heavy atom. The largest absolute Gasteiger partial charge is 0.347 e. The molecule has 0 aliphatic rings. The van der Waals surface area contributed by atoms with E-state index >= 15 is 0 Å². The van der Waals surface area contributed by atoms with Crippen LogP contribution in [-0.2, 0) is 0 Å². The van der Waals surface area contributed by atoms with Crippen LogP contribution in [0.15, 0.2) is 18.2 Å². The molecule has 18 heavy (non-hydrogen) atoms. The topological polar surface area (TPSA) is 29.1 Å². The van der Waals surface area contributed by atoms with Gasteiger partial charge in [-0.3, -0.25) is 4.79 Å². The minimum atomic E-state index is -1.26. The van der Waals surface area contributed by atoms with Crippen molar-refractivity contribution in [1.82, 2.24) is 5.32 Å². The molecule has 1 N–H and O–H groups in total. The summed E-state index contributed by atoms with van der Waals surface area (Å²) in [6.45, 7) is 7.13. The fourth-order valence-electron chi connectivity index (χ4n) is 1.63. The van der Waals surface area contributed by atoms with Crippen LogP contribution in [0, 0.1) is 5.82 Å². The first-order chi connectivity index (χ1) is 8.24. The summed E-state index contributed by atoms with van der Waals surface area (Å²) in [6.07, 6.45) is -1.01. The fourth-order valence-corrected chi connectivity index (χ4v) is 1.63. The van der Waals surface area contributed by atoms with Gasteiger partial charge in [-0.05, 0) is 44.9 Å². The van der Waals surface area contributed by atoms with E-state index in [-0.39, 0.29) is 17.5 Å². The second kappa shape index (κ2) is 5.46. The molecular formula is C14H19F2NO. The quantitative estimate of drug-likeness (QED) is 0.875.